The summed E-state index contributed by atoms with van der Waals surface area (Å²) in [6.07, 6.45) is 0.186. The maximum Gasteiger partial charge on any atom is 0.273 e. The number of carbonyl (C=O) groups excluding carboxylic acids is 3. The average molecular weight is 581 g/mol. The van der Waals surface area contributed by atoms with E-state index in [9.17, 15) is 14.4 Å². The monoisotopic (exact) mass is 579 g/mol. The summed E-state index contributed by atoms with van der Waals surface area (Å²) in [6, 6.07) is 18.0. The van der Waals surface area contributed by atoms with Gasteiger partial charge in [0.2, 0.25) is 11.5 Å². The van der Waals surface area contributed by atoms with E-state index in [4.69, 9.17) is 27.9 Å². The number of hydrogen-bond donors (Lipinski definition) is 1. The van der Waals surface area contributed by atoms with Crippen molar-refractivity contribution in [2.45, 2.75) is 38.7 Å². The van der Waals surface area contributed by atoms with Gasteiger partial charge in [0.05, 0.1) is 11.3 Å². The molecule has 0 spiro atoms. The first-order chi connectivity index (χ1) is 19.1. The summed E-state index contributed by atoms with van der Waals surface area (Å²) in [6.45, 7) is 7.35. The number of piperazine rings is 1. The highest BCUT2D eigenvalue weighted by Crippen LogP contribution is 2.45. The molecule has 1 atom stereocenters. The zero-order valence-corrected chi connectivity index (χ0v) is 24.2. The number of para-hydroxylation sites is 1. The highest BCUT2D eigenvalue weighted by atomic mass is 35.5. The number of benzene rings is 3. The van der Waals surface area contributed by atoms with Crippen LogP contribution in [0.4, 0.5) is 5.69 Å². The smallest absolute Gasteiger partial charge is 0.273 e. The van der Waals surface area contributed by atoms with Gasteiger partial charge in [0.15, 0.2) is 0 Å². The number of amides is 3. The lowest BCUT2D eigenvalue weighted by Crippen LogP contribution is -2.50. The lowest BCUT2D eigenvalue weighted by molar-refractivity contribution is -0.131. The average Bonchev–Trinajstić information content (AvgIpc) is 3.17. The highest BCUT2D eigenvalue weighted by molar-refractivity contribution is 6.31. The van der Waals surface area contributed by atoms with Crippen LogP contribution in [0, 0.1) is 0 Å². The quantitative estimate of drug-likeness (QED) is 0.395. The van der Waals surface area contributed by atoms with Crippen molar-refractivity contribution < 1.29 is 19.1 Å². The van der Waals surface area contributed by atoms with Crippen molar-refractivity contribution in [3.8, 4) is 5.75 Å². The molecule has 3 amide bonds. The van der Waals surface area contributed by atoms with E-state index in [1.165, 1.54) is 6.92 Å². The molecular weight excluding hydrogens is 549 g/mol. The second-order valence-electron chi connectivity index (χ2n) is 10.6. The third-order valence-corrected chi connectivity index (χ3v) is 8.03. The van der Waals surface area contributed by atoms with Gasteiger partial charge in [-0.25, -0.2) is 0 Å². The van der Waals surface area contributed by atoms with Crippen LogP contribution in [0.3, 0.4) is 0 Å². The molecule has 2 heterocycles. The third kappa shape index (κ3) is 5.28. The van der Waals surface area contributed by atoms with Crippen LogP contribution < -0.4 is 10.1 Å². The van der Waals surface area contributed by atoms with E-state index < -0.39 is 5.60 Å². The maximum absolute atomic E-state index is 13.9. The van der Waals surface area contributed by atoms with E-state index in [2.05, 4.69) is 5.32 Å². The largest absolute Gasteiger partial charge is 0.471 e. The number of halogens is 2. The Morgan fingerprint density at radius 3 is 2.30 bits per heavy atom. The molecule has 9 heteroatoms. The number of carbonyl (C=O) groups is 3. The predicted octanol–water partition coefficient (Wildman–Crippen LogP) is 5.89. The summed E-state index contributed by atoms with van der Waals surface area (Å²) in [4.78, 5) is 43.1. The van der Waals surface area contributed by atoms with E-state index in [0.29, 0.717) is 58.8 Å². The molecule has 0 bridgehead atoms. The van der Waals surface area contributed by atoms with Crippen LogP contribution in [0.25, 0.3) is 0 Å². The van der Waals surface area contributed by atoms with Crippen LogP contribution in [0.15, 0.2) is 60.7 Å². The van der Waals surface area contributed by atoms with Gasteiger partial charge in [-0.15, -0.1) is 0 Å². The van der Waals surface area contributed by atoms with E-state index in [1.807, 2.05) is 44.2 Å². The summed E-state index contributed by atoms with van der Waals surface area (Å²) in [5, 5.41) is 3.98. The molecule has 5 rings (SSSR count). The number of fused-ring (bicyclic) bond motifs is 1. The minimum atomic E-state index is -1.47. The fourth-order valence-corrected chi connectivity index (χ4v) is 5.81. The number of hydrogen-bond acceptors (Lipinski definition) is 4. The Hall–Kier alpha value is -3.55. The molecule has 0 aromatic heterocycles. The molecule has 1 N–H and O–H groups in total. The van der Waals surface area contributed by atoms with Gasteiger partial charge < -0.3 is 19.9 Å². The highest BCUT2D eigenvalue weighted by Gasteiger charge is 2.50. The van der Waals surface area contributed by atoms with Crippen LogP contribution >= 0.6 is 23.2 Å². The number of nitrogens with one attached hydrogen (secondary N) is 1. The summed E-state index contributed by atoms with van der Waals surface area (Å²) in [5.41, 5.74) is 1.72. The molecule has 7 nitrogen and oxygen atoms in total. The number of anilines is 1. The van der Waals surface area contributed by atoms with Crippen LogP contribution in [0.5, 0.6) is 5.75 Å². The molecule has 1 fully saturated rings. The first-order valence-corrected chi connectivity index (χ1v) is 14.1. The standard InChI is InChI=1S/C31H31Cl2N3O4/c1-19(2)24-8-5-9-25(29(38)36-14-12-35(13-15-36)20(3)37)28(24)40-31(18-21-6-4-7-22(32)16-21)26-11-10-23(33)17-27(26)34-30(31)39/h4-11,16-17,19H,12-15,18H2,1-3H3,(H,34,39). The molecule has 2 aliphatic heterocycles. The fourth-order valence-electron chi connectivity index (χ4n) is 5.43. The molecule has 2 aliphatic rings. The minimum absolute atomic E-state index is 0.00750. The Kier molecular flexibility index (Phi) is 7.80. The predicted molar refractivity (Wildman–Crippen MR) is 156 cm³/mol. The topological polar surface area (TPSA) is 79.0 Å². The fraction of sp³-hybridized carbons (Fsp3) is 0.323. The lowest BCUT2D eigenvalue weighted by Gasteiger charge is -2.36. The third-order valence-electron chi connectivity index (χ3n) is 7.56. The van der Waals surface area contributed by atoms with Crippen LogP contribution in [-0.2, 0) is 21.6 Å². The van der Waals surface area contributed by atoms with Crippen molar-refractivity contribution in [2.75, 3.05) is 31.5 Å². The zero-order chi connectivity index (χ0) is 28.6. The van der Waals surface area contributed by atoms with Crippen molar-refractivity contribution in [3.63, 3.8) is 0 Å². The number of ether oxygens (including phenoxy) is 1. The van der Waals surface area contributed by atoms with Gasteiger partial charge in [0.25, 0.3) is 11.8 Å². The second-order valence-corrected chi connectivity index (χ2v) is 11.4. The Balaban J connectivity index is 1.61. The van der Waals surface area contributed by atoms with Gasteiger partial charge in [-0.1, -0.05) is 67.4 Å². The van der Waals surface area contributed by atoms with Gasteiger partial charge in [0, 0.05) is 55.1 Å². The molecule has 1 saturated heterocycles. The van der Waals surface area contributed by atoms with Gasteiger partial charge in [-0.3, -0.25) is 14.4 Å². The SMILES string of the molecule is CC(=O)N1CCN(C(=O)c2cccc(C(C)C)c2OC2(Cc3cccc(Cl)c3)C(=O)Nc3cc(Cl)ccc32)CC1. The first-order valence-electron chi connectivity index (χ1n) is 13.3. The molecule has 0 aliphatic carbocycles. The zero-order valence-electron chi connectivity index (χ0n) is 22.7. The molecule has 1 unspecified atom stereocenters. The number of nitrogens with zero attached hydrogens (tertiary/aromatic N) is 2. The maximum atomic E-state index is 13.9. The summed E-state index contributed by atoms with van der Waals surface area (Å²) < 4.78 is 6.87. The van der Waals surface area contributed by atoms with E-state index in [-0.39, 0.29) is 30.1 Å². The van der Waals surface area contributed by atoms with Gasteiger partial charge >= 0.3 is 0 Å². The van der Waals surface area contributed by atoms with Crippen LogP contribution in [0.2, 0.25) is 10.0 Å². The van der Waals surface area contributed by atoms with E-state index in [1.54, 1.807) is 40.1 Å². The van der Waals surface area contributed by atoms with Gasteiger partial charge in [-0.2, -0.15) is 0 Å². The van der Waals surface area contributed by atoms with E-state index in [0.717, 1.165) is 11.1 Å². The molecule has 208 valence electrons. The van der Waals surface area contributed by atoms with E-state index >= 15 is 0 Å². The van der Waals surface area contributed by atoms with Crippen molar-refractivity contribution in [1.82, 2.24) is 9.80 Å². The van der Waals surface area contributed by atoms with Gasteiger partial charge in [0.1, 0.15) is 5.75 Å². The lowest BCUT2D eigenvalue weighted by atomic mass is 9.87. The molecular formula is C31H31Cl2N3O4. The molecule has 3 aromatic rings. The molecule has 0 radical (unpaired) electrons. The molecule has 40 heavy (non-hydrogen) atoms. The van der Waals surface area contributed by atoms with Crippen LogP contribution in [0.1, 0.15) is 53.7 Å². The summed E-state index contributed by atoms with van der Waals surface area (Å²) >= 11 is 12.6. The Labute approximate surface area is 244 Å². The molecule has 3 aromatic carbocycles. The van der Waals surface area contributed by atoms with Crippen LogP contribution in [-0.4, -0.2) is 53.7 Å². The Bertz CT molecular complexity index is 1480. The summed E-state index contributed by atoms with van der Waals surface area (Å²) in [5.74, 6) is -0.178. The Morgan fingerprint density at radius 2 is 1.62 bits per heavy atom. The van der Waals surface area contributed by atoms with Crippen molar-refractivity contribution in [1.29, 1.82) is 0 Å². The Morgan fingerprint density at radius 1 is 0.950 bits per heavy atom. The first kappa shape index (κ1) is 28.0. The molecule has 0 saturated carbocycles. The van der Waals surface area contributed by atoms with Crippen molar-refractivity contribution >= 4 is 46.6 Å². The number of rotatable bonds is 6. The van der Waals surface area contributed by atoms with Crippen molar-refractivity contribution in [3.05, 3.63) is 93.0 Å². The summed E-state index contributed by atoms with van der Waals surface area (Å²) in [7, 11) is 0. The normalized spacial score (nSPS) is 18.5. The minimum Gasteiger partial charge on any atom is -0.471 e. The van der Waals surface area contributed by atoms with Crippen molar-refractivity contribution in [2.24, 2.45) is 0 Å². The van der Waals surface area contributed by atoms with Gasteiger partial charge in [-0.05, 0) is 47.4 Å². The second kappa shape index (κ2) is 11.1.